The molecule has 0 radical (unpaired) electrons. The minimum atomic E-state index is 0.158. The molecule has 5 nitrogen and oxygen atoms in total. The van der Waals surface area contributed by atoms with Crippen molar-refractivity contribution in [2.45, 2.75) is 95.6 Å². The average Bonchev–Trinajstić information content (AvgIpc) is 3.55. The van der Waals surface area contributed by atoms with Gasteiger partial charge in [-0.25, -0.2) is 0 Å². The summed E-state index contributed by atoms with van der Waals surface area (Å²) in [5.41, 5.74) is 0. The molecule has 4 aliphatic rings. The second-order valence-corrected chi connectivity index (χ2v) is 9.72. The van der Waals surface area contributed by atoms with Gasteiger partial charge >= 0.3 is 0 Å². The van der Waals surface area contributed by atoms with Crippen molar-refractivity contribution in [3.63, 3.8) is 0 Å². The minimum absolute atomic E-state index is 0.158. The van der Waals surface area contributed by atoms with Crippen molar-refractivity contribution in [1.82, 2.24) is 15.1 Å². The molecule has 158 valence electrons. The lowest BCUT2D eigenvalue weighted by molar-refractivity contribution is -0.134. The molecule has 4 fully saturated rings. The number of carbonyl (C=O) groups is 2. The van der Waals surface area contributed by atoms with E-state index in [4.69, 9.17) is 0 Å². The molecule has 1 atom stereocenters. The average molecular weight is 390 g/mol. The Morgan fingerprint density at radius 2 is 1.36 bits per heavy atom. The first-order valence-corrected chi connectivity index (χ1v) is 12.0. The van der Waals surface area contributed by atoms with Gasteiger partial charge in [-0.1, -0.05) is 32.1 Å². The number of nitrogens with one attached hydrogen (secondary N) is 1. The van der Waals surface area contributed by atoms with Crippen LogP contribution < -0.4 is 5.32 Å². The number of hydrogen-bond donors (Lipinski definition) is 1. The highest BCUT2D eigenvalue weighted by atomic mass is 16.2. The zero-order valence-electron chi connectivity index (χ0n) is 17.5. The first-order valence-electron chi connectivity index (χ1n) is 12.0. The summed E-state index contributed by atoms with van der Waals surface area (Å²) in [6.07, 6.45) is 15.4. The van der Waals surface area contributed by atoms with Crippen LogP contribution in [0.3, 0.4) is 0 Å². The Kier molecular flexibility index (Phi) is 6.92. The minimum Gasteiger partial charge on any atom is -0.353 e. The van der Waals surface area contributed by atoms with Crippen LogP contribution in [-0.2, 0) is 9.59 Å². The van der Waals surface area contributed by atoms with E-state index in [1.807, 2.05) is 0 Å². The summed E-state index contributed by atoms with van der Waals surface area (Å²) in [5.74, 6) is 1.20. The SMILES string of the molecule is O=C(NC1CCCCCCC1)C1CCCN(C2CCN(C(=O)C3CC3)CC2)C1. The molecule has 2 heterocycles. The molecule has 1 unspecified atom stereocenters. The number of amides is 2. The Balaban J connectivity index is 1.23. The van der Waals surface area contributed by atoms with Crippen molar-refractivity contribution in [2.75, 3.05) is 26.2 Å². The van der Waals surface area contributed by atoms with Gasteiger partial charge in [0.05, 0.1) is 5.92 Å². The van der Waals surface area contributed by atoms with Gasteiger partial charge < -0.3 is 10.2 Å². The van der Waals surface area contributed by atoms with Crippen LogP contribution in [0.4, 0.5) is 0 Å². The first kappa shape index (κ1) is 20.2. The van der Waals surface area contributed by atoms with E-state index >= 15 is 0 Å². The van der Waals surface area contributed by atoms with Crippen molar-refractivity contribution in [1.29, 1.82) is 0 Å². The van der Waals surface area contributed by atoms with Crippen LogP contribution in [0.1, 0.15) is 83.5 Å². The number of rotatable bonds is 4. The van der Waals surface area contributed by atoms with E-state index in [0.29, 0.717) is 29.8 Å². The maximum absolute atomic E-state index is 12.9. The molecule has 0 aromatic rings. The van der Waals surface area contributed by atoms with E-state index in [0.717, 1.165) is 77.5 Å². The Bertz CT molecular complexity index is 532. The van der Waals surface area contributed by atoms with Crippen LogP contribution in [0.5, 0.6) is 0 Å². The normalized spacial score (nSPS) is 29.1. The quantitative estimate of drug-likeness (QED) is 0.802. The molecule has 0 aromatic heterocycles. The molecule has 0 bridgehead atoms. The fourth-order valence-corrected chi connectivity index (χ4v) is 5.51. The van der Waals surface area contributed by atoms with Gasteiger partial charge in [0.25, 0.3) is 0 Å². The summed E-state index contributed by atoms with van der Waals surface area (Å²) in [6, 6.07) is 0.958. The third-order valence-electron chi connectivity index (χ3n) is 7.49. The molecule has 0 aromatic carbocycles. The molecule has 2 saturated heterocycles. The number of piperidine rings is 2. The van der Waals surface area contributed by atoms with Crippen LogP contribution in [0, 0.1) is 11.8 Å². The van der Waals surface area contributed by atoms with Gasteiger partial charge in [0.2, 0.25) is 11.8 Å². The lowest BCUT2D eigenvalue weighted by atomic mass is 9.92. The zero-order valence-corrected chi connectivity index (χ0v) is 17.5. The third kappa shape index (κ3) is 5.28. The highest BCUT2D eigenvalue weighted by molar-refractivity contribution is 5.81. The second-order valence-electron chi connectivity index (χ2n) is 9.72. The largest absolute Gasteiger partial charge is 0.353 e. The Labute approximate surface area is 170 Å². The zero-order chi connectivity index (χ0) is 19.3. The standard InChI is InChI=1S/C23H39N3O2/c27-22(24-20-8-4-2-1-3-5-9-20)19-7-6-14-26(17-19)21-12-15-25(16-13-21)23(28)18-10-11-18/h18-21H,1-17H2,(H,24,27). The van der Waals surface area contributed by atoms with Crippen LogP contribution in [0.25, 0.3) is 0 Å². The Morgan fingerprint density at radius 3 is 2.04 bits per heavy atom. The van der Waals surface area contributed by atoms with Crippen molar-refractivity contribution >= 4 is 11.8 Å². The van der Waals surface area contributed by atoms with Crippen LogP contribution in [0.15, 0.2) is 0 Å². The Morgan fingerprint density at radius 1 is 0.679 bits per heavy atom. The van der Waals surface area contributed by atoms with Crippen molar-refractivity contribution < 1.29 is 9.59 Å². The van der Waals surface area contributed by atoms with E-state index in [1.165, 1.54) is 32.1 Å². The van der Waals surface area contributed by atoms with E-state index in [2.05, 4.69) is 15.1 Å². The highest BCUT2D eigenvalue weighted by Crippen LogP contribution is 2.32. The van der Waals surface area contributed by atoms with E-state index in [1.54, 1.807) is 0 Å². The maximum Gasteiger partial charge on any atom is 0.225 e. The van der Waals surface area contributed by atoms with Crippen LogP contribution in [-0.4, -0.2) is 59.9 Å². The lowest BCUT2D eigenvalue weighted by Crippen LogP contribution is -2.52. The monoisotopic (exact) mass is 389 g/mol. The van der Waals surface area contributed by atoms with Gasteiger partial charge in [-0.3, -0.25) is 14.5 Å². The van der Waals surface area contributed by atoms with Crippen molar-refractivity contribution in [3.05, 3.63) is 0 Å². The Hall–Kier alpha value is -1.10. The molecule has 28 heavy (non-hydrogen) atoms. The van der Waals surface area contributed by atoms with Gasteiger partial charge in [0.15, 0.2) is 0 Å². The van der Waals surface area contributed by atoms with Crippen LogP contribution in [0.2, 0.25) is 0 Å². The van der Waals surface area contributed by atoms with E-state index < -0.39 is 0 Å². The summed E-state index contributed by atoms with van der Waals surface area (Å²) in [7, 11) is 0. The molecule has 2 saturated carbocycles. The molecule has 5 heteroatoms. The predicted octanol–water partition coefficient (Wildman–Crippen LogP) is 3.33. The van der Waals surface area contributed by atoms with Gasteiger partial charge in [0.1, 0.15) is 0 Å². The summed E-state index contributed by atoms with van der Waals surface area (Å²) in [4.78, 5) is 29.9. The topological polar surface area (TPSA) is 52.7 Å². The van der Waals surface area contributed by atoms with Gasteiger partial charge in [-0.15, -0.1) is 0 Å². The summed E-state index contributed by atoms with van der Waals surface area (Å²) >= 11 is 0. The van der Waals surface area contributed by atoms with Gasteiger partial charge in [0, 0.05) is 37.6 Å². The third-order valence-corrected chi connectivity index (χ3v) is 7.49. The van der Waals surface area contributed by atoms with Crippen molar-refractivity contribution in [3.8, 4) is 0 Å². The van der Waals surface area contributed by atoms with Gasteiger partial charge in [-0.2, -0.15) is 0 Å². The maximum atomic E-state index is 12.9. The van der Waals surface area contributed by atoms with Crippen molar-refractivity contribution in [2.24, 2.45) is 11.8 Å². The van der Waals surface area contributed by atoms with Crippen LogP contribution >= 0.6 is 0 Å². The summed E-state index contributed by atoms with van der Waals surface area (Å²) < 4.78 is 0. The molecular formula is C23H39N3O2. The number of likely N-dealkylation sites (tertiary alicyclic amines) is 2. The number of carbonyl (C=O) groups excluding carboxylic acids is 2. The fraction of sp³-hybridized carbons (Fsp3) is 0.913. The smallest absolute Gasteiger partial charge is 0.225 e. The van der Waals surface area contributed by atoms with E-state index in [9.17, 15) is 9.59 Å². The number of hydrogen-bond acceptors (Lipinski definition) is 3. The molecule has 2 aliphatic heterocycles. The molecule has 1 N–H and O–H groups in total. The first-order chi connectivity index (χ1) is 13.7. The van der Waals surface area contributed by atoms with Gasteiger partial charge in [-0.05, 0) is 57.9 Å². The van der Waals surface area contributed by atoms with E-state index in [-0.39, 0.29) is 5.92 Å². The summed E-state index contributed by atoms with van der Waals surface area (Å²) in [5, 5.41) is 3.40. The number of nitrogens with zero attached hydrogens (tertiary/aromatic N) is 2. The molecule has 0 spiro atoms. The molecule has 2 amide bonds. The fourth-order valence-electron chi connectivity index (χ4n) is 5.51. The highest BCUT2D eigenvalue weighted by Gasteiger charge is 2.37. The predicted molar refractivity (Wildman–Crippen MR) is 111 cm³/mol. The molecule has 4 rings (SSSR count). The molecular weight excluding hydrogens is 350 g/mol. The molecule has 2 aliphatic carbocycles. The second kappa shape index (κ2) is 9.60. The lowest BCUT2D eigenvalue weighted by Gasteiger charge is -2.42. The summed E-state index contributed by atoms with van der Waals surface area (Å²) in [6.45, 7) is 3.86.